The summed E-state index contributed by atoms with van der Waals surface area (Å²) in [6, 6.07) is 8.29. The van der Waals surface area contributed by atoms with E-state index in [4.69, 9.17) is 16.3 Å². The topological polar surface area (TPSA) is 21.3 Å². The molecule has 0 bridgehead atoms. The number of likely N-dealkylation sites (N-methyl/N-ethyl adjacent to an activating group) is 1. The number of halogens is 1. The molecule has 1 saturated heterocycles. The number of hydrogen-bond donors (Lipinski definition) is 1. The van der Waals surface area contributed by atoms with Crippen molar-refractivity contribution in [3.63, 3.8) is 0 Å². The monoisotopic (exact) mass is 239 g/mol. The summed E-state index contributed by atoms with van der Waals surface area (Å²) in [5, 5.41) is 4.12. The molecule has 1 aliphatic heterocycles. The normalized spacial score (nSPS) is 23.0. The van der Waals surface area contributed by atoms with Crippen LogP contribution in [0.25, 0.3) is 0 Å². The number of hydrogen-bond acceptors (Lipinski definition) is 2. The van der Waals surface area contributed by atoms with Crippen molar-refractivity contribution in [3.8, 4) is 0 Å². The Labute approximate surface area is 102 Å². The van der Waals surface area contributed by atoms with Crippen molar-refractivity contribution in [3.05, 3.63) is 34.9 Å². The van der Waals surface area contributed by atoms with Crippen molar-refractivity contribution in [2.45, 2.75) is 31.4 Å². The molecule has 16 heavy (non-hydrogen) atoms. The summed E-state index contributed by atoms with van der Waals surface area (Å²) < 4.78 is 5.82. The molecule has 1 fully saturated rings. The Bertz CT molecular complexity index is 319. The lowest BCUT2D eigenvalue weighted by Gasteiger charge is -2.30. The van der Waals surface area contributed by atoms with Gasteiger partial charge in [-0.25, -0.2) is 0 Å². The van der Waals surface area contributed by atoms with Crippen LogP contribution in [-0.4, -0.2) is 19.8 Å². The molecule has 1 aliphatic rings. The van der Waals surface area contributed by atoms with Gasteiger partial charge >= 0.3 is 0 Å². The van der Waals surface area contributed by atoms with Crippen molar-refractivity contribution in [1.29, 1.82) is 0 Å². The summed E-state index contributed by atoms with van der Waals surface area (Å²) in [6.45, 7) is 0.885. The standard InChI is InChI=1S/C13H18ClNO/c1-15-13(12-4-2-3-9-16-12)10-5-7-11(14)8-6-10/h5-8,12-13,15H,2-4,9H2,1H3. The third kappa shape index (κ3) is 2.76. The molecule has 0 radical (unpaired) electrons. The average Bonchev–Trinajstić information content (AvgIpc) is 2.34. The molecule has 0 aliphatic carbocycles. The van der Waals surface area contributed by atoms with Crippen molar-refractivity contribution in [2.75, 3.05) is 13.7 Å². The highest BCUT2D eigenvalue weighted by Crippen LogP contribution is 2.26. The zero-order chi connectivity index (χ0) is 11.4. The predicted molar refractivity (Wildman–Crippen MR) is 66.8 cm³/mol. The Hall–Kier alpha value is -0.570. The zero-order valence-corrected chi connectivity index (χ0v) is 10.3. The van der Waals surface area contributed by atoms with Crippen LogP contribution in [0.15, 0.2) is 24.3 Å². The van der Waals surface area contributed by atoms with Crippen LogP contribution < -0.4 is 5.32 Å². The maximum atomic E-state index is 5.89. The largest absolute Gasteiger partial charge is 0.376 e. The fourth-order valence-electron chi connectivity index (χ4n) is 2.27. The molecule has 0 amide bonds. The van der Waals surface area contributed by atoms with E-state index in [0.29, 0.717) is 6.10 Å². The number of ether oxygens (including phenoxy) is 1. The van der Waals surface area contributed by atoms with Gasteiger partial charge in [-0.15, -0.1) is 0 Å². The number of nitrogens with one attached hydrogen (secondary N) is 1. The summed E-state index contributed by atoms with van der Waals surface area (Å²) in [4.78, 5) is 0. The molecule has 1 heterocycles. The van der Waals surface area contributed by atoms with Crippen LogP contribution in [0.4, 0.5) is 0 Å². The SMILES string of the molecule is CNC(c1ccc(Cl)cc1)C1CCCCO1. The van der Waals surface area contributed by atoms with Gasteiger partial charge in [0.1, 0.15) is 0 Å². The van der Waals surface area contributed by atoms with E-state index in [1.165, 1.54) is 18.4 Å². The van der Waals surface area contributed by atoms with Gasteiger partial charge in [0.2, 0.25) is 0 Å². The highest BCUT2D eigenvalue weighted by molar-refractivity contribution is 6.30. The fourth-order valence-corrected chi connectivity index (χ4v) is 2.39. The molecule has 1 aromatic rings. The van der Waals surface area contributed by atoms with Gasteiger partial charge in [-0.1, -0.05) is 23.7 Å². The van der Waals surface area contributed by atoms with Gasteiger partial charge in [-0.05, 0) is 44.0 Å². The van der Waals surface area contributed by atoms with Crippen molar-refractivity contribution >= 4 is 11.6 Å². The third-order valence-corrected chi connectivity index (χ3v) is 3.38. The van der Waals surface area contributed by atoms with Gasteiger partial charge in [0.05, 0.1) is 12.1 Å². The summed E-state index contributed by atoms with van der Waals surface area (Å²) in [6.07, 6.45) is 3.87. The zero-order valence-electron chi connectivity index (χ0n) is 9.58. The molecule has 1 N–H and O–H groups in total. The molecular weight excluding hydrogens is 222 g/mol. The maximum absolute atomic E-state index is 5.89. The van der Waals surface area contributed by atoms with Crippen LogP contribution >= 0.6 is 11.6 Å². The minimum atomic E-state index is 0.276. The Morgan fingerprint density at radius 1 is 1.31 bits per heavy atom. The average molecular weight is 240 g/mol. The Morgan fingerprint density at radius 2 is 2.06 bits per heavy atom. The molecule has 2 atom stereocenters. The van der Waals surface area contributed by atoms with Crippen molar-refractivity contribution in [1.82, 2.24) is 5.32 Å². The van der Waals surface area contributed by atoms with Gasteiger partial charge in [0.25, 0.3) is 0 Å². The molecule has 0 saturated carbocycles. The van der Waals surface area contributed by atoms with Crippen LogP contribution in [0, 0.1) is 0 Å². The van der Waals surface area contributed by atoms with Gasteiger partial charge in [0.15, 0.2) is 0 Å². The molecule has 2 nitrogen and oxygen atoms in total. The van der Waals surface area contributed by atoms with Gasteiger partial charge in [-0.3, -0.25) is 0 Å². The molecule has 3 heteroatoms. The Balaban J connectivity index is 2.11. The van der Waals surface area contributed by atoms with Crippen LogP contribution in [0.5, 0.6) is 0 Å². The first-order valence-electron chi connectivity index (χ1n) is 5.85. The highest BCUT2D eigenvalue weighted by Gasteiger charge is 2.24. The molecule has 0 aromatic heterocycles. The first-order valence-corrected chi connectivity index (χ1v) is 6.23. The van der Waals surface area contributed by atoms with E-state index < -0.39 is 0 Å². The second kappa shape index (κ2) is 5.67. The quantitative estimate of drug-likeness (QED) is 0.875. The highest BCUT2D eigenvalue weighted by atomic mass is 35.5. The van der Waals surface area contributed by atoms with Gasteiger partial charge < -0.3 is 10.1 Å². The van der Waals surface area contributed by atoms with Crippen molar-refractivity contribution in [2.24, 2.45) is 0 Å². The summed E-state index contributed by atoms with van der Waals surface area (Å²) in [5.41, 5.74) is 1.25. The smallest absolute Gasteiger partial charge is 0.0769 e. The van der Waals surface area contributed by atoms with E-state index in [9.17, 15) is 0 Å². The van der Waals surface area contributed by atoms with E-state index in [-0.39, 0.29) is 6.04 Å². The molecular formula is C13H18ClNO. The number of rotatable bonds is 3. The minimum Gasteiger partial charge on any atom is -0.376 e. The lowest BCUT2D eigenvalue weighted by atomic mass is 9.96. The van der Waals surface area contributed by atoms with Crippen molar-refractivity contribution < 1.29 is 4.74 Å². The van der Waals surface area contributed by atoms with Gasteiger partial charge in [0, 0.05) is 11.6 Å². The molecule has 88 valence electrons. The lowest BCUT2D eigenvalue weighted by Crippen LogP contribution is -2.34. The van der Waals surface area contributed by atoms with Gasteiger partial charge in [-0.2, -0.15) is 0 Å². The second-order valence-electron chi connectivity index (χ2n) is 4.22. The molecule has 1 aromatic carbocycles. The Morgan fingerprint density at radius 3 is 2.62 bits per heavy atom. The summed E-state index contributed by atoms with van der Waals surface area (Å²) >= 11 is 5.89. The lowest BCUT2D eigenvalue weighted by molar-refractivity contribution is -0.00661. The summed E-state index contributed by atoms with van der Waals surface area (Å²) in [7, 11) is 1.98. The summed E-state index contributed by atoms with van der Waals surface area (Å²) in [5.74, 6) is 0. The van der Waals surface area contributed by atoms with E-state index in [1.54, 1.807) is 0 Å². The number of benzene rings is 1. The van der Waals surface area contributed by atoms with E-state index in [1.807, 2.05) is 19.2 Å². The fraction of sp³-hybridized carbons (Fsp3) is 0.538. The second-order valence-corrected chi connectivity index (χ2v) is 4.66. The van der Waals surface area contributed by atoms with Crippen LogP contribution in [-0.2, 0) is 4.74 Å². The predicted octanol–water partition coefficient (Wildman–Crippen LogP) is 3.17. The first-order chi connectivity index (χ1) is 7.81. The van der Waals surface area contributed by atoms with Crippen LogP contribution in [0.2, 0.25) is 5.02 Å². The van der Waals surface area contributed by atoms with E-state index in [2.05, 4.69) is 17.4 Å². The molecule has 0 spiro atoms. The Kier molecular flexibility index (Phi) is 4.22. The van der Waals surface area contributed by atoms with E-state index >= 15 is 0 Å². The van der Waals surface area contributed by atoms with Crippen LogP contribution in [0.1, 0.15) is 30.9 Å². The minimum absolute atomic E-state index is 0.276. The van der Waals surface area contributed by atoms with E-state index in [0.717, 1.165) is 18.1 Å². The third-order valence-electron chi connectivity index (χ3n) is 3.13. The molecule has 2 rings (SSSR count). The molecule has 2 unspecified atom stereocenters. The van der Waals surface area contributed by atoms with Crippen LogP contribution in [0.3, 0.4) is 0 Å². The first kappa shape index (κ1) is 11.9. The maximum Gasteiger partial charge on any atom is 0.0769 e.